The fourth-order valence-corrected chi connectivity index (χ4v) is 3.92. The van der Waals surface area contributed by atoms with Crippen LogP contribution in [0, 0.1) is 10.1 Å². The Labute approximate surface area is 175 Å². The topological polar surface area (TPSA) is 75.5 Å². The van der Waals surface area contributed by atoms with Crippen LogP contribution in [0.25, 0.3) is 0 Å². The van der Waals surface area contributed by atoms with E-state index in [1.54, 1.807) is 12.1 Å². The van der Waals surface area contributed by atoms with Crippen LogP contribution in [0.3, 0.4) is 0 Å². The summed E-state index contributed by atoms with van der Waals surface area (Å²) in [6.45, 7) is 3.33. The Bertz CT molecular complexity index is 1110. The first-order valence-electron chi connectivity index (χ1n) is 10.1. The molecule has 4 rings (SSSR count). The van der Waals surface area contributed by atoms with E-state index in [4.69, 9.17) is 0 Å². The van der Waals surface area contributed by atoms with Gasteiger partial charge in [0.25, 0.3) is 11.6 Å². The number of hydrogen-bond acceptors (Lipinski definition) is 4. The fourth-order valence-electron chi connectivity index (χ4n) is 3.92. The van der Waals surface area contributed by atoms with Gasteiger partial charge in [0, 0.05) is 30.4 Å². The summed E-state index contributed by atoms with van der Waals surface area (Å²) in [6, 6.07) is 20.4. The molecule has 0 bridgehead atoms. The first-order valence-corrected chi connectivity index (χ1v) is 10.1. The SMILES string of the molecule is CCc1ccccc1NC(=O)c1ccc(N2CCc3ccccc3C2)c([N+](=O)[O-])c1. The van der Waals surface area contributed by atoms with Gasteiger partial charge in [-0.2, -0.15) is 0 Å². The van der Waals surface area contributed by atoms with E-state index in [1.807, 2.05) is 48.2 Å². The summed E-state index contributed by atoms with van der Waals surface area (Å²) in [7, 11) is 0. The maximum absolute atomic E-state index is 12.8. The zero-order valence-electron chi connectivity index (χ0n) is 16.8. The number of amides is 1. The maximum Gasteiger partial charge on any atom is 0.293 e. The molecule has 0 saturated carbocycles. The number of nitro benzene ring substituents is 1. The second-order valence-electron chi connectivity index (χ2n) is 7.37. The number of carbonyl (C=O) groups excluding carboxylic acids is 1. The number of nitrogens with one attached hydrogen (secondary N) is 1. The van der Waals surface area contributed by atoms with Crippen LogP contribution in [-0.4, -0.2) is 17.4 Å². The Morgan fingerprint density at radius 1 is 1.07 bits per heavy atom. The number of hydrogen-bond donors (Lipinski definition) is 1. The number of fused-ring (bicyclic) bond motifs is 1. The third-order valence-electron chi connectivity index (χ3n) is 5.55. The monoisotopic (exact) mass is 401 g/mol. The molecule has 152 valence electrons. The lowest BCUT2D eigenvalue weighted by Crippen LogP contribution is -2.30. The highest BCUT2D eigenvalue weighted by Crippen LogP contribution is 2.33. The smallest absolute Gasteiger partial charge is 0.293 e. The Balaban J connectivity index is 1.61. The highest BCUT2D eigenvalue weighted by Gasteiger charge is 2.25. The quantitative estimate of drug-likeness (QED) is 0.484. The summed E-state index contributed by atoms with van der Waals surface area (Å²) in [5.74, 6) is -0.352. The molecule has 6 nitrogen and oxygen atoms in total. The number of nitrogens with zero attached hydrogens (tertiary/aromatic N) is 2. The molecule has 0 atom stereocenters. The zero-order chi connectivity index (χ0) is 21.1. The number of nitro groups is 1. The summed E-state index contributed by atoms with van der Waals surface area (Å²) < 4.78 is 0. The van der Waals surface area contributed by atoms with Gasteiger partial charge >= 0.3 is 0 Å². The summed E-state index contributed by atoms with van der Waals surface area (Å²) in [5, 5.41) is 14.7. The number of anilines is 2. The molecule has 3 aromatic carbocycles. The van der Waals surface area contributed by atoms with Crippen LogP contribution in [0.15, 0.2) is 66.7 Å². The maximum atomic E-state index is 12.8. The molecular weight excluding hydrogens is 378 g/mol. The van der Waals surface area contributed by atoms with Crippen molar-refractivity contribution in [1.29, 1.82) is 0 Å². The minimum Gasteiger partial charge on any atom is -0.361 e. The Morgan fingerprint density at radius 2 is 1.80 bits per heavy atom. The number of rotatable bonds is 5. The van der Waals surface area contributed by atoms with Crippen molar-refractivity contribution in [3.63, 3.8) is 0 Å². The van der Waals surface area contributed by atoms with Gasteiger partial charge in [0.2, 0.25) is 0 Å². The zero-order valence-corrected chi connectivity index (χ0v) is 16.8. The lowest BCUT2D eigenvalue weighted by Gasteiger charge is -2.30. The molecule has 0 radical (unpaired) electrons. The summed E-state index contributed by atoms with van der Waals surface area (Å²) in [6.07, 6.45) is 1.62. The van der Waals surface area contributed by atoms with Crippen molar-refractivity contribution in [2.45, 2.75) is 26.3 Å². The second kappa shape index (κ2) is 8.37. The molecule has 0 aromatic heterocycles. The van der Waals surface area contributed by atoms with Crippen molar-refractivity contribution in [3.05, 3.63) is 99.1 Å². The van der Waals surface area contributed by atoms with Gasteiger partial charge in [-0.25, -0.2) is 0 Å². The van der Waals surface area contributed by atoms with Crippen molar-refractivity contribution < 1.29 is 9.72 Å². The fraction of sp³-hybridized carbons (Fsp3) is 0.208. The highest BCUT2D eigenvalue weighted by molar-refractivity contribution is 6.05. The molecule has 6 heteroatoms. The molecule has 1 N–H and O–H groups in total. The molecule has 3 aromatic rings. The Hall–Kier alpha value is -3.67. The van der Waals surface area contributed by atoms with E-state index in [0.717, 1.165) is 24.1 Å². The van der Waals surface area contributed by atoms with E-state index < -0.39 is 4.92 Å². The molecule has 0 fully saturated rings. The third-order valence-corrected chi connectivity index (χ3v) is 5.55. The van der Waals surface area contributed by atoms with Crippen LogP contribution in [0.1, 0.15) is 34.0 Å². The molecule has 1 aliphatic heterocycles. The molecule has 30 heavy (non-hydrogen) atoms. The van der Waals surface area contributed by atoms with Crippen molar-refractivity contribution >= 4 is 23.0 Å². The van der Waals surface area contributed by atoms with Crippen molar-refractivity contribution in [2.24, 2.45) is 0 Å². The standard InChI is InChI=1S/C24H23N3O3/c1-2-17-7-5-6-10-21(17)25-24(28)19-11-12-22(23(15-19)27(29)30)26-14-13-18-8-3-4-9-20(18)16-26/h3-12,15H,2,13-14,16H2,1H3,(H,25,28). The van der Waals surface area contributed by atoms with Crippen LogP contribution < -0.4 is 10.2 Å². The van der Waals surface area contributed by atoms with Crippen LogP contribution in [-0.2, 0) is 19.4 Å². The number of para-hydroxylation sites is 1. The van der Waals surface area contributed by atoms with E-state index >= 15 is 0 Å². The molecule has 0 unspecified atom stereocenters. The number of aryl methyl sites for hydroxylation is 1. The van der Waals surface area contributed by atoms with Gasteiger partial charge in [0.1, 0.15) is 5.69 Å². The molecule has 1 heterocycles. The van der Waals surface area contributed by atoms with Gasteiger partial charge in [-0.1, -0.05) is 49.4 Å². The highest BCUT2D eigenvalue weighted by atomic mass is 16.6. The second-order valence-corrected chi connectivity index (χ2v) is 7.37. The first-order chi connectivity index (χ1) is 14.6. The largest absolute Gasteiger partial charge is 0.361 e. The van der Waals surface area contributed by atoms with Gasteiger partial charge in [0.05, 0.1) is 4.92 Å². The summed E-state index contributed by atoms with van der Waals surface area (Å²) in [5.41, 5.74) is 4.96. The summed E-state index contributed by atoms with van der Waals surface area (Å²) >= 11 is 0. The molecule has 1 aliphatic rings. The van der Waals surface area contributed by atoms with Gasteiger partial charge in [0.15, 0.2) is 0 Å². The van der Waals surface area contributed by atoms with Crippen molar-refractivity contribution in [3.8, 4) is 0 Å². The number of benzene rings is 3. The van der Waals surface area contributed by atoms with E-state index in [0.29, 0.717) is 18.8 Å². The van der Waals surface area contributed by atoms with Gasteiger partial charge in [-0.15, -0.1) is 0 Å². The Kier molecular flexibility index (Phi) is 5.48. The predicted octanol–water partition coefficient (Wildman–Crippen LogP) is 4.97. The normalized spacial score (nSPS) is 12.9. The van der Waals surface area contributed by atoms with Crippen molar-refractivity contribution in [1.82, 2.24) is 0 Å². The van der Waals surface area contributed by atoms with E-state index in [1.165, 1.54) is 17.2 Å². The minimum atomic E-state index is -0.410. The third kappa shape index (κ3) is 3.89. The van der Waals surface area contributed by atoms with E-state index in [9.17, 15) is 14.9 Å². The molecule has 0 aliphatic carbocycles. The van der Waals surface area contributed by atoms with Crippen LogP contribution in [0.4, 0.5) is 17.1 Å². The first kappa shape index (κ1) is 19.6. The molecular formula is C24H23N3O3. The minimum absolute atomic E-state index is 0.0502. The molecule has 0 saturated heterocycles. The Morgan fingerprint density at radius 3 is 2.57 bits per heavy atom. The van der Waals surface area contributed by atoms with E-state index in [-0.39, 0.29) is 17.2 Å². The van der Waals surface area contributed by atoms with Crippen LogP contribution in [0.5, 0.6) is 0 Å². The lowest BCUT2D eigenvalue weighted by molar-refractivity contribution is -0.384. The molecule has 1 amide bonds. The predicted molar refractivity (Wildman–Crippen MR) is 118 cm³/mol. The van der Waals surface area contributed by atoms with Crippen molar-refractivity contribution in [2.75, 3.05) is 16.8 Å². The van der Waals surface area contributed by atoms with Crippen LogP contribution >= 0.6 is 0 Å². The molecule has 0 spiro atoms. The average Bonchev–Trinajstić information content (AvgIpc) is 2.78. The average molecular weight is 401 g/mol. The van der Waals surface area contributed by atoms with Crippen LogP contribution in [0.2, 0.25) is 0 Å². The van der Waals surface area contributed by atoms with E-state index in [2.05, 4.69) is 17.4 Å². The van der Waals surface area contributed by atoms with Gasteiger partial charge in [-0.05, 0) is 47.7 Å². The lowest BCUT2D eigenvalue weighted by atomic mass is 9.99. The number of carbonyl (C=O) groups is 1. The van der Waals surface area contributed by atoms with Gasteiger partial charge in [-0.3, -0.25) is 14.9 Å². The van der Waals surface area contributed by atoms with Gasteiger partial charge < -0.3 is 10.2 Å². The summed E-state index contributed by atoms with van der Waals surface area (Å²) in [4.78, 5) is 26.2.